The summed E-state index contributed by atoms with van der Waals surface area (Å²) in [7, 11) is -6.83. The van der Waals surface area contributed by atoms with Crippen LogP contribution in [0.5, 0.6) is 0 Å². The highest BCUT2D eigenvalue weighted by atomic mass is 35.6. The first-order valence-electron chi connectivity index (χ1n) is 5.87. The Morgan fingerprint density at radius 1 is 0.846 bits per heavy atom. The molecule has 0 aliphatic heterocycles. The Balaban J connectivity index is 3.94. The summed E-state index contributed by atoms with van der Waals surface area (Å²) in [6.45, 7) is 0. The molecule has 0 aliphatic rings. The minimum absolute atomic E-state index is 0.153. The zero-order valence-electron chi connectivity index (χ0n) is 11.6. The Labute approximate surface area is 167 Å². The molecule has 0 saturated heterocycles. The lowest BCUT2D eigenvalue weighted by Crippen LogP contribution is -2.58. The van der Waals surface area contributed by atoms with E-state index in [2.05, 4.69) is 0 Å². The van der Waals surface area contributed by atoms with Crippen molar-refractivity contribution in [3.8, 4) is 0 Å². The average Bonchev–Trinajstić information content (AvgIpc) is 2.36. The summed E-state index contributed by atoms with van der Waals surface area (Å²) in [5, 5.41) is -8.08. The number of hydrogen-bond acceptors (Lipinski definition) is 2. The third-order valence-electron chi connectivity index (χ3n) is 2.89. The molecule has 0 amide bonds. The Kier molecular flexibility index (Phi) is 6.68. The fourth-order valence-electron chi connectivity index (χ4n) is 1.81. The van der Waals surface area contributed by atoms with E-state index in [-0.39, 0.29) is 6.07 Å². The van der Waals surface area contributed by atoms with Crippen LogP contribution in [0.2, 0.25) is 10.0 Å². The van der Waals surface area contributed by atoms with E-state index in [1.807, 2.05) is 0 Å². The van der Waals surface area contributed by atoms with Crippen LogP contribution in [0.3, 0.4) is 0 Å². The van der Waals surface area contributed by atoms with Crippen molar-refractivity contribution in [1.82, 2.24) is 0 Å². The molecule has 0 aromatic heterocycles. The van der Waals surface area contributed by atoms with Crippen LogP contribution >= 0.6 is 58.0 Å². The number of halogens is 12. The van der Waals surface area contributed by atoms with Gasteiger partial charge in [0.25, 0.3) is 0 Å². The lowest BCUT2D eigenvalue weighted by Gasteiger charge is -2.30. The standard InChI is InChI=1S/C11H4Cl5F7O2S/c12-4-1-6(13)5(3-8(14,15)16)7(2-4)26(24,25)9(17,10(18,19)20)11(21,22)23/h1-2H,3H2. The van der Waals surface area contributed by atoms with Gasteiger partial charge < -0.3 is 0 Å². The summed E-state index contributed by atoms with van der Waals surface area (Å²) in [6.07, 6.45) is -14.8. The van der Waals surface area contributed by atoms with Crippen LogP contribution in [0.15, 0.2) is 17.0 Å². The Morgan fingerprint density at radius 3 is 1.62 bits per heavy atom. The molecule has 1 rings (SSSR count). The molecule has 0 radical (unpaired) electrons. The molecule has 1 aromatic rings. The van der Waals surface area contributed by atoms with Gasteiger partial charge in [0.05, 0.1) is 4.90 Å². The van der Waals surface area contributed by atoms with Crippen LogP contribution < -0.4 is 0 Å². The summed E-state index contributed by atoms with van der Waals surface area (Å²) in [4.78, 5) is -1.81. The second-order valence-corrected chi connectivity index (χ2v) is 10.1. The molecular formula is C11H4Cl5F7O2S. The van der Waals surface area contributed by atoms with Gasteiger partial charge in [-0.2, -0.15) is 26.3 Å². The van der Waals surface area contributed by atoms with E-state index in [0.29, 0.717) is 0 Å². The highest BCUT2D eigenvalue weighted by Crippen LogP contribution is 2.53. The number of hydrogen-bond donors (Lipinski definition) is 0. The van der Waals surface area contributed by atoms with E-state index in [1.165, 1.54) is 0 Å². The number of alkyl halides is 10. The van der Waals surface area contributed by atoms with Gasteiger partial charge in [-0.25, -0.2) is 12.8 Å². The molecule has 0 saturated carbocycles. The maximum absolute atomic E-state index is 14.1. The van der Waals surface area contributed by atoms with Crippen molar-refractivity contribution in [1.29, 1.82) is 0 Å². The second kappa shape index (κ2) is 7.18. The molecule has 0 aliphatic carbocycles. The molecule has 150 valence electrons. The van der Waals surface area contributed by atoms with Gasteiger partial charge in [0.1, 0.15) is 0 Å². The first kappa shape index (κ1) is 24.2. The van der Waals surface area contributed by atoms with Crippen molar-refractivity contribution in [2.45, 2.75) is 32.5 Å². The molecule has 0 unspecified atom stereocenters. The molecule has 0 N–H and O–H groups in total. The fraction of sp³-hybridized carbons (Fsp3) is 0.455. The third kappa shape index (κ3) is 4.41. The molecular weight excluding hydrogens is 506 g/mol. The minimum atomic E-state index is -6.88. The molecule has 2 nitrogen and oxygen atoms in total. The summed E-state index contributed by atoms with van der Waals surface area (Å²) < 4.78 is 113. The van der Waals surface area contributed by atoms with E-state index >= 15 is 0 Å². The van der Waals surface area contributed by atoms with Gasteiger partial charge in [-0.1, -0.05) is 58.0 Å². The molecule has 26 heavy (non-hydrogen) atoms. The van der Waals surface area contributed by atoms with Crippen molar-refractivity contribution >= 4 is 67.8 Å². The van der Waals surface area contributed by atoms with Crippen molar-refractivity contribution in [2.75, 3.05) is 0 Å². The van der Waals surface area contributed by atoms with Crippen molar-refractivity contribution in [3.05, 3.63) is 27.7 Å². The molecule has 15 heteroatoms. The highest BCUT2D eigenvalue weighted by molar-refractivity contribution is 7.92. The average molecular weight is 510 g/mol. The lowest BCUT2D eigenvalue weighted by atomic mass is 10.1. The van der Waals surface area contributed by atoms with Gasteiger partial charge in [-0.15, -0.1) is 0 Å². The van der Waals surface area contributed by atoms with Crippen LogP contribution in [-0.4, -0.2) is 29.6 Å². The van der Waals surface area contributed by atoms with Gasteiger partial charge in [0.2, 0.25) is 9.84 Å². The SMILES string of the molecule is O=S(=O)(c1cc(Cl)cc(Cl)c1CC(Cl)(Cl)Cl)C(F)(C(F)(F)F)C(F)(F)F. The minimum Gasteiger partial charge on any atom is -0.220 e. The van der Waals surface area contributed by atoms with Gasteiger partial charge in [0, 0.05) is 16.5 Å². The number of sulfone groups is 1. The number of benzene rings is 1. The van der Waals surface area contributed by atoms with E-state index in [0.717, 1.165) is 6.07 Å². The predicted molar refractivity (Wildman–Crippen MR) is 83.6 cm³/mol. The zero-order valence-corrected chi connectivity index (χ0v) is 16.2. The second-order valence-electron chi connectivity index (χ2n) is 4.75. The quantitative estimate of drug-likeness (QED) is 0.345. The van der Waals surface area contributed by atoms with Crippen molar-refractivity contribution in [3.63, 3.8) is 0 Å². The molecule has 0 heterocycles. The summed E-state index contributed by atoms with van der Waals surface area (Å²) in [6, 6.07) is 0.926. The van der Waals surface area contributed by atoms with Crippen LogP contribution in [-0.2, 0) is 16.3 Å². The maximum Gasteiger partial charge on any atom is 0.447 e. The molecule has 0 atom stereocenters. The summed E-state index contributed by atoms with van der Waals surface area (Å²) in [5.74, 6) is 0. The van der Waals surface area contributed by atoms with Gasteiger partial charge in [-0.3, -0.25) is 0 Å². The zero-order chi connectivity index (χ0) is 20.9. The van der Waals surface area contributed by atoms with Crippen LogP contribution in [0.1, 0.15) is 5.56 Å². The Bertz CT molecular complexity index is 785. The van der Waals surface area contributed by atoms with Gasteiger partial charge in [0.15, 0.2) is 3.79 Å². The predicted octanol–water partition coefficient (Wildman–Crippen LogP) is 6.47. The van der Waals surface area contributed by atoms with Crippen LogP contribution in [0.25, 0.3) is 0 Å². The molecule has 0 fully saturated rings. The van der Waals surface area contributed by atoms with E-state index in [4.69, 9.17) is 58.0 Å². The first-order chi connectivity index (χ1) is 11.3. The normalized spacial score (nSPS) is 14.6. The van der Waals surface area contributed by atoms with Crippen LogP contribution in [0, 0.1) is 0 Å². The van der Waals surface area contributed by atoms with Crippen molar-refractivity contribution < 1.29 is 39.2 Å². The molecule has 0 spiro atoms. The number of rotatable bonds is 3. The van der Waals surface area contributed by atoms with Crippen molar-refractivity contribution in [2.24, 2.45) is 0 Å². The van der Waals surface area contributed by atoms with E-state index in [1.54, 1.807) is 0 Å². The third-order valence-corrected chi connectivity index (χ3v) is 5.99. The van der Waals surface area contributed by atoms with Crippen LogP contribution in [0.4, 0.5) is 30.7 Å². The van der Waals surface area contributed by atoms with E-state index in [9.17, 15) is 39.2 Å². The fourth-order valence-corrected chi connectivity index (χ4v) is 4.59. The summed E-state index contributed by atoms with van der Waals surface area (Å²) in [5.41, 5.74) is -0.980. The summed E-state index contributed by atoms with van der Waals surface area (Å²) >= 11 is 27.3. The van der Waals surface area contributed by atoms with E-state index < -0.39 is 57.9 Å². The maximum atomic E-state index is 14.1. The lowest BCUT2D eigenvalue weighted by molar-refractivity contribution is -0.305. The van der Waals surface area contributed by atoms with Gasteiger partial charge in [-0.05, 0) is 17.7 Å². The molecule has 1 aromatic carbocycles. The van der Waals surface area contributed by atoms with Gasteiger partial charge >= 0.3 is 17.4 Å². The molecule has 0 bridgehead atoms. The highest BCUT2D eigenvalue weighted by Gasteiger charge is 2.80. The topological polar surface area (TPSA) is 34.1 Å². The largest absolute Gasteiger partial charge is 0.447 e. The monoisotopic (exact) mass is 508 g/mol. The Morgan fingerprint density at radius 2 is 1.27 bits per heavy atom. The first-order valence-corrected chi connectivity index (χ1v) is 9.24. The smallest absolute Gasteiger partial charge is 0.220 e. The Hall–Kier alpha value is 0.130.